The molecule has 3 aromatic rings. The molecule has 2 aromatic heterocycles. The molecule has 4 heterocycles. The number of aromatic nitrogens is 4. The van der Waals surface area contributed by atoms with Crippen LogP contribution in [0.1, 0.15) is 45.1 Å². The van der Waals surface area contributed by atoms with Gasteiger partial charge in [-0.3, -0.25) is 4.90 Å². The molecule has 0 atom stereocenters. The summed E-state index contributed by atoms with van der Waals surface area (Å²) in [6.45, 7) is 9.93. The minimum Gasteiger partial charge on any atom is -0.494 e. The van der Waals surface area contributed by atoms with Crippen LogP contribution in [-0.2, 0) is 6.54 Å². The highest BCUT2D eigenvalue weighted by molar-refractivity contribution is 6.33. The van der Waals surface area contributed by atoms with Crippen LogP contribution in [0.5, 0.6) is 11.5 Å². The number of hydrogen-bond acceptors (Lipinski definition) is 10. The van der Waals surface area contributed by atoms with E-state index >= 15 is 0 Å². The maximum atomic E-state index is 6.58. The molecule has 0 saturated carbocycles. The highest BCUT2D eigenvalue weighted by Crippen LogP contribution is 2.34. The molecule has 2 fully saturated rings. The zero-order valence-corrected chi connectivity index (χ0v) is 26.4. The first-order valence-electron chi connectivity index (χ1n) is 14.4. The molecule has 228 valence electrons. The van der Waals surface area contributed by atoms with Crippen LogP contribution in [-0.4, -0.2) is 76.3 Å². The van der Waals surface area contributed by atoms with E-state index in [-0.39, 0.29) is 5.28 Å². The van der Waals surface area contributed by atoms with E-state index in [1.807, 2.05) is 38.1 Å². The van der Waals surface area contributed by atoms with Gasteiger partial charge in [-0.25, -0.2) is 19.9 Å². The average molecular weight is 638 g/mol. The molecule has 3 N–H and O–H groups in total. The number of halogens is 3. The van der Waals surface area contributed by atoms with Gasteiger partial charge in [0.1, 0.15) is 23.1 Å². The van der Waals surface area contributed by atoms with Crippen LogP contribution >= 0.6 is 34.8 Å². The first kappa shape index (κ1) is 32.3. The molecule has 1 aromatic carbocycles. The smallest absolute Gasteiger partial charge is 0.224 e. The lowest BCUT2D eigenvalue weighted by atomic mass is 10.0. The van der Waals surface area contributed by atoms with Gasteiger partial charge in [-0.15, -0.1) is 0 Å². The van der Waals surface area contributed by atoms with Gasteiger partial charge in [-0.1, -0.05) is 11.6 Å². The lowest BCUT2D eigenvalue weighted by molar-refractivity contribution is 0.210. The number of ether oxygens (including phenoxy) is 2. The van der Waals surface area contributed by atoms with Crippen LogP contribution in [0, 0.1) is 0 Å². The van der Waals surface area contributed by atoms with Crippen molar-refractivity contribution in [3.8, 4) is 11.5 Å². The third-order valence-electron chi connectivity index (χ3n) is 6.98. The van der Waals surface area contributed by atoms with Crippen LogP contribution in [0.3, 0.4) is 0 Å². The highest BCUT2D eigenvalue weighted by Gasteiger charge is 2.21. The molecule has 0 amide bonds. The second kappa shape index (κ2) is 16.9. The van der Waals surface area contributed by atoms with Crippen LogP contribution in [0.15, 0.2) is 36.7 Å². The van der Waals surface area contributed by atoms with E-state index in [1.165, 1.54) is 0 Å². The fraction of sp³-hybridized carbons (Fsp3) is 0.517. The predicted octanol–water partition coefficient (Wildman–Crippen LogP) is 5.95. The van der Waals surface area contributed by atoms with E-state index in [1.54, 1.807) is 12.4 Å². The summed E-state index contributed by atoms with van der Waals surface area (Å²) in [6.07, 6.45) is 7.61. The van der Waals surface area contributed by atoms with Gasteiger partial charge >= 0.3 is 0 Å². The lowest BCUT2D eigenvalue weighted by Gasteiger charge is -2.33. The summed E-state index contributed by atoms with van der Waals surface area (Å²) in [6, 6.07) is 8.43. The molecule has 2 aliphatic rings. The number of hydrogen-bond donors (Lipinski definition) is 3. The molecular weight excluding hydrogens is 599 g/mol. The number of rotatable bonds is 10. The van der Waals surface area contributed by atoms with Crippen molar-refractivity contribution >= 4 is 46.4 Å². The fourth-order valence-electron chi connectivity index (χ4n) is 4.94. The van der Waals surface area contributed by atoms with Crippen molar-refractivity contribution in [1.82, 2.24) is 30.2 Å². The Hall–Kier alpha value is -2.63. The number of nitrogens with zero attached hydrogens (tertiary/aromatic N) is 5. The van der Waals surface area contributed by atoms with E-state index in [0.29, 0.717) is 41.4 Å². The fourth-order valence-corrected chi connectivity index (χ4v) is 5.46. The second-order valence-corrected chi connectivity index (χ2v) is 11.1. The molecular formula is C29H39Cl3N8O2. The number of piperidine rings is 2. The first-order valence-corrected chi connectivity index (χ1v) is 15.6. The molecule has 0 spiro atoms. The van der Waals surface area contributed by atoms with Crippen LogP contribution in [0.2, 0.25) is 15.6 Å². The summed E-state index contributed by atoms with van der Waals surface area (Å²) in [5, 5.41) is 11.3. The molecule has 10 nitrogen and oxygen atoms in total. The van der Waals surface area contributed by atoms with Gasteiger partial charge in [0.25, 0.3) is 0 Å². The van der Waals surface area contributed by atoms with Crippen molar-refractivity contribution in [1.29, 1.82) is 0 Å². The van der Waals surface area contributed by atoms with Crippen molar-refractivity contribution in [3.63, 3.8) is 0 Å². The van der Waals surface area contributed by atoms with Crippen molar-refractivity contribution in [2.24, 2.45) is 0 Å². The quantitative estimate of drug-likeness (QED) is 0.231. The Kier molecular flexibility index (Phi) is 13.0. The Morgan fingerprint density at radius 2 is 1.40 bits per heavy atom. The summed E-state index contributed by atoms with van der Waals surface area (Å²) >= 11 is 18.1. The Morgan fingerprint density at radius 1 is 0.833 bits per heavy atom. The van der Waals surface area contributed by atoms with Crippen LogP contribution in [0.25, 0.3) is 0 Å². The second-order valence-electron chi connectivity index (χ2n) is 10.0. The molecule has 2 aliphatic heterocycles. The van der Waals surface area contributed by atoms with Crippen LogP contribution in [0.4, 0.5) is 11.6 Å². The molecule has 42 heavy (non-hydrogen) atoms. The first-order chi connectivity index (χ1) is 20.4. The van der Waals surface area contributed by atoms with E-state index in [0.717, 1.165) is 81.4 Å². The van der Waals surface area contributed by atoms with E-state index in [9.17, 15) is 0 Å². The molecule has 5 rings (SSSR count). The lowest BCUT2D eigenvalue weighted by Crippen LogP contribution is -2.38. The van der Waals surface area contributed by atoms with Gasteiger partial charge < -0.3 is 25.4 Å². The Morgan fingerprint density at radius 3 is 1.95 bits per heavy atom. The van der Waals surface area contributed by atoms with Gasteiger partial charge in [-0.2, -0.15) is 0 Å². The SMILES string of the molecule is CCOc1cc(CN2CCC(Nc3ccnc(Cl)n3)CC2)c(Cl)c(OCC)c1.Clc1nccc(NC2CCNCC2)n1. The third kappa shape index (κ3) is 10.3. The Labute approximate surface area is 262 Å². The Balaban J connectivity index is 0.000000241. The van der Waals surface area contributed by atoms with Gasteiger partial charge in [0.15, 0.2) is 0 Å². The van der Waals surface area contributed by atoms with Gasteiger partial charge in [-0.05, 0) is 99.6 Å². The maximum absolute atomic E-state index is 6.58. The molecule has 13 heteroatoms. The summed E-state index contributed by atoms with van der Waals surface area (Å²) in [5.41, 5.74) is 1.03. The summed E-state index contributed by atoms with van der Waals surface area (Å²) in [7, 11) is 0. The molecule has 0 radical (unpaired) electrons. The molecule has 0 bridgehead atoms. The highest BCUT2D eigenvalue weighted by atomic mass is 35.5. The summed E-state index contributed by atoms with van der Waals surface area (Å²) in [5.74, 6) is 3.06. The molecule has 2 saturated heterocycles. The minimum absolute atomic E-state index is 0.261. The number of likely N-dealkylation sites (tertiary alicyclic amines) is 1. The average Bonchev–Trinajstić information content (AvgIpc) is 2.98. The van der Waals surface area contributed by atoms with Gasteiger partial charge in [0.05, 0.1) is 18.2 Å². The van der Waals surface area contributed by atoms with Crippen molar-refractivity contribution in [2.75, 3.05) is 50.0 Å². The monoisotopic (exact) mass is 636 g/mol. The van der Waals surface area contributed by atoms with Gasteiger partial charge in [0, 0.05) is 50.2 Å². The van der Waals surface area contributed by atoms with E-state index in [2.05, 4.69) is 40.8 Å². The standard InChI is InChI=1S/C20H26Cl2N4O2.C9H13ClN4/c1-3-27-16-11-14(19(21)17(12-16)28-4-2)13-26-9-6-15(7-10-26)24-18-5-8-23-20(22)25-18;10-9-12-6-3-8(14-9)13-7-1-4-11-5-2-7/h5,8,11-12,15H,3-4,6-7,9-10,13H2,1-2H3,(H,23,24,25);3,6-7,11H,1-2,4-5H2,(H,12,13,14). The van der Waals surface area contributed by atoms with Crippen molar-refractivity contribution in [2.45, 2.75) is 58.2 Å². The summed E-state index contributed by atoms with van der Waals surface area (Å²) < 4.78 is 11.4. The normalized spacial score (nSPS) is 16.3. The predicted molar refractivity (Wildman–Crippen MR) is 169 cm³/mol. The zero-order valence-electron chi connectivity index (χ0n) is 24.1. The summed E-state index contributed by atoms with van der Waals surface area (Å²) in [4.78, 5) is 18.4. The maximum Gasteiger partial charge on any atom is 0.224 e. The zero-order chi connectivity index (χ0) is 29.7. The van der Waals surface area contributed by atoms with Gasteiger partial charge in [0.2, 0.25) is 10.6 Å². The van der Waals surface area contributed by atoms with Crippen molar-refractivity contribution in [3.05, 3.63) is 57.8 Å². The topological polar surface area (TPSA) is 109 Å². The number of benzene rings is 1. The van der Waals surface area contributed by atoms with E-state index < -0.39 is 0 Å². The Bertz CT molecular complexity index is 1260. The number of anilines is 2. The van der Waals surface area contributed by atoms with Crippen LogP contribution < -0.4 is 25.4 Å². The minimum atomic E-state index is 0.261. The largest absolute Gasteiger partial charge is 0.494 e. The van der Waals surface area contributed by atoms with E-state index in [4.69, 9.17) is 44.3 Å². The molecule has 0 aliphatic carbocycles. The third-order valence-corrected chi connectivity index (χ3v) is 7.77. The molecule has 0 unspecified atom stereocenters. The number of nitrogens with one attached hydrogen (secondary N) is 3. The van der Waals surface area contributed by atoms with Crippen molar-refractivity contribution < 1.29 is 9.47 Å².